The third-order valence-corrected chi connectivity index (χ3v) is 15.6. The van der Waals surface area contributed by atoms with Crippen LogP contribution in [0.1, 0.15) is 140 Å². The quantitative estimate of drug-likeness (QED) is 0.0811. The number of carbonyl (C=O) groups is 3. The third-order valence-electron chi connectivity index (χ3n) is 14.4. The highest BCUT2D eigenvalue weighted by molar-refractivity contribution is 7.41. The minimum Gasteiger partial charge on any atom is -0.485 e. The number of benzene rings is 3. The molecule has 9 rings (SSSR count). The smallest absolute Gasteiger partial charge is 0.333 e. The van der Waals surface area contributed by atoms with Crippen molar-refractivity contribution in [2.45, 2.75) is 153 Å². The molecule has 0 aliphatic carbocycles. The second-order valence-corrected chi connectivity index (χ2v) is 21.6. The van der Waals surface area contributed by atoms with Crippen molar-refractivity contribution in [3.8, 4) is 23.3 Å². The Labute approximate surface area is 411 Å². The number of likely N-dealkylation sites (tertiary alicyclic amines) is 3. The maximum absolute atomic E-state index is 13.7. The van der Waals surface area contributed by atoms with Crippen molar-refractivity contribution >= 4 is 37.7 Å². The molecule has 70 heavy (non-hydrogen) atoms. The van der Waals surface area contributed by atoms with Crippen LogP contribution in [0, 0.1) is 24.5 Å². The van der Waals surface area contributed by atoms with E-state index in [-0.39, 0.29) is 24.3 Å². The van der Waals surface area contributed by atoms with Gasteiger partial charge >= 0.3 is 8.60 Å². The Morgan fingerprint density at radius 2 is 1.03 bits per heavy atom. The third kappa shape index (κ3) is 9.55. The molecule has 6 heterocycles. The number of nitrogens with zero attached hydrogens (tertiary/aromatic N) is 6. The molecule has 6 aliphatic rings. The average molecular weight is 973 g/mol. The summed E-state index contributed by atoms with van der Waals surface area (Å²) in [5.41, 5.74) is 0.600. The normalized spacial score (nSPS) is 26.4. The minimum atomic E-state index is -2.29. The van der Waals surface area contributed by atoms with Crippen molar-refractivity contribution in [3.63, 3.8) is 0 Å². The summed E-state index contributed by atoms with van der Waals surface area (Å²) in [5.74, 6) is 1.78. The molecule has 3 aromatic rings. The van der Waals surface area contributed by atoms with Gasteiger partial charge in [-0.3, -0.25) is 14.4 Å². The van der Waals surface area contributed by atoms with E-state index in [0.29, 0.717) is 123 Å². The number of fused-ring (bicyclic) bond motifs is 3. The van der Waals surface area contributed by atoms with Gasteiger partial charge in [0.15, 0.2) is 11.4 Å². The molecule has 0 N–H and O–H groups in total. The Balaban J connectivity index is 0.974. The Kier molecular flexibility index (Phi) is 13.9. The predicted molar refractivity (Wildman–Crippen MR) is 258 cm³/mol. The second-order valence-electron chi connectivity index (χ2n) is 20.5. The van der Waals surface area contributed by atoms with Gasteiger partial charge in [-0.05, 0) is 123 Å². The van der Waals surface area contributed by atoms with Gasteiger partial charge in [-0.25, -0.2) is 9.69 Å². The molecule has 1 unspecified atom stereocenters. The van der Waals surface area contributed by atoms with E-state index in [9.17, 15) is 19.6 Å². The van der Waals surface area contributed by atoms with E-state index in [1.54, 1.807) is 42.5 Å². The number of hydrogen-bond donors (Lipinski definition) is 0. The second kappa shape index (κ2) is 19.8. The molecule has 0 saturated carbocycles. The highest BCUT2D eigenvalue weighted by Crippen LogP contribution is 2.57. The van der Waals surface area contributed by atoms with Gasteiger partial charge in [-0.2, -0.15) is 5.26 Å². The topological polar surface area (TPSA) is 158 Å². The summed E-state index contributed by atoms with van der Waals surface area (Å²) in [6, 6.07) is 16.4. The van der Waals surface area contributed by atoms with Crippen LogP contribution in [0.15, 0.2) is 54.6 Å². The number of unbranched alkanes of at least 4 members (excludes halogenated alkanes) is 2. The van der Waals surface area contributed by atoms with E-state index >= 15 is 0 Å². The van der Waals surface area contributed by atoms with Crippen LogP contribution in [0.5, 0.6) is 17.2 Å². The Bertz CT molecular complexity index is 2540. The summed E-state index contributed by atoms with van der Waals surface area (Å²) in [4.78, 5) is 53.5. The average Bonchev–Trinajstić information content (AvgIpc) is 4.08. The number of carbonyl (C=O) groups excluding carboxylic acids is 3. The van der Waals surface area contributed by atoms with Gasteiger partial charge in [-0.1, -0.05) is 12.1 Å². The molecule has 3 aromatic carbocycles. The molecular formula is C53H61N6O10P. The lowest BCUT2D eigenvalue weighted by Crippen LogP contribution is -2.56. The zero-order valence-electron chi connectivity index (χ0n) is 40.8. The first-order valence-corrected chi connectivity index (χ1v) is 25.5. The number of hydrogen-bond acceptors (Lipinski definition) is 11. The molecule has 3 fully saturated rings. The van der Waals surface area contributed by atoms with Crippen LogP contribution in [-0.2, 0) is 32.7 Å². The van der Waals surface area contributed by atoms with Gasteiger partial charge in [0.25, 0.3) is 0 Å². The Morgan fingerprint density at radius 1 is 0.614 bits per heavy atom. The number of nitriles is 1. The van der Waals surface area contributed by atoms with Gasteiger partial charge in [0.05, 0.1) is 49.5 Å². The van der Waals surface area contributed by atoms with Crippen LogP contribution < -0.4 is 14.2 Å². The number of ether oxygens (including phenoxy) is 4. The summed E-state index contributed by atoms with van der Waals surface area (Å²) in [6.45, 7) is 29.3. The minimum absolute atomic E-state index is 0.0259. The first kappa shape index (κ1) is 49.2. The van der Waals surface area contributed by atoms with Gasteiger partial charge in [0.1, 0.15) is 52.4 Å². The van der Waals surface area contributed by atoms with Crippen molar-refractivity contribution in [1.29, 1.82) is 5.26 Å². The molecule has 0 spiro atoms. The first-order valence-electron chi connectivity index (χ1n) is 24.4. The lowest BCUT2D eigenvalue weighted by atomic mass is 9.85. The van der Waals surface area contributed by atoms with Crippen LogP contribution in [-0.4, -0.2) is 100 Å². The summed E-state index contributed by atoms with van der Waals surface area (Å²) in [5, 5.41) is 9.98. The Hall–Kier alpha value is -5.79. The molecule has 17 heteroatoms. The van der Waals surface area contributed by atoms with Gasteiger partial charge < -0.3 is 47.2 Å². The summed E-state index contributed by atoms with van der Waals surface area (Å²) < 4.78 is 47.5. The molecule has 368 valence electrons. The largest absolute Gasteiger partial charge is 0.485 e. The summed E-state index contributed by atoms with van der Waals surface area (Å²) in [6.07, 6.45) is 3.14. The van der Waals surface area contributed by atoms with E-state index in [0.717, 1.165) is 12.0 Å². The van der Waals surface area contributed by atoms with Crippen LogP contribution in [0.2, 0.25) is 0 Å². The fourth-order valence-electron chi connectivity index (χ4n) is 11.0. The molecule has 6 aliphatic heterocycles. The fourth-order valence-corrected chi connectivity index (χ4v) is 12.6. The standard InChI is InChI=1S/C53H61N6O10P/c1-51(2)48(45(57-24-12-15-42(57)60)37-30-34(55-7)19-22-40(37)65-51)63-27-10-9-11-28-64-70(68-49-46(58-25-13-16-43(58)61)36-29-33(32-54)18-21-39(36)66-52(49,3)4)69-50-47(59-26-14-17-44(59)62)38-31-35(56-8)20-23-41(38)67-53(50,5)6/h18-23,29-31,45-50H,9-17,24-28H2,1-6H3/t45-,46-,47-,48+,49+,50+,70?/m1/s1. The lowest BCUT2D eigenvalue weighted by Gasteiger charge is -2.50. The van der Waals surface area contributed by atoms with E-state index in [1.807, 2.05) is 68.4 Å². The maximum atomic E-state index is 13.7. The molecule has 16 nitrogen and oxygen atoms in total. The highest BCUT2D eigenvalue weighted by atomic mass is 31.2. The van der Waals surface area contributed by atoms with E-state index in [1.165, 1.54) is 0 Å². The van der Waals surface area contributed by atoms with Crippen molar-refractivity contribution in [2.24, 2.45) is 0 Å². The van der Waals surface area contributed by atoms with Crippen molar-refractivity contribution in [1.82, 2.24) is 14.7 Å². The monoisotopic (exact) mass is 972 g/mol. The van der Waals surface area contributed by atoms with Crippen LogP contribution in [0.25, 0.3) is 9.69 Å². The lowest BCUT2D eigenvalue weighted by molar-refractivity contribution is -0.148. The molecule has 0 bridgehead atoms. The van der Waals surface area contributed by atoms with E-state index in [4.69, 9.17) is 45.7 Å². The predicted octanol–water partition coefficient (Wildman–Crippen LogP) is 10.1. The first-order chi connectivity index (χ1) is 33.5. The van der Waals surface area contributed by atoms with Crippen molar-refractivity contribution < 1.29 is 46.9 Å². The molecule has 0 aromatic heterocycles. The van der Waals surface area contributed by atoms with Crippen LogP contribution in [0.4, 0.5) is 11.4 Å². The van der Waals surface area contributed by atoms with Gasteiger partial charge in [-0.15, -0.1) is 0 Å². The molecular weight excluding hydrogens is 912 g/mol. The molecule has 3 saturated heterocycles. The molecule has 7 atom stereocenters. The van der Waals surface area contributed by atoms with Gasteiger partial charge in [0, 0.05) is 62.2 Å². The van der Waals surface area contributed by atoms with Gasteiger partial charge in [0.2, 0.25) is 17.7 Å². The van der Waals surface area contributed by atoms with E-state index in [2.05, 4.69) is 15.8 Å². The maximum Gasteiger partial charge on any atom is 0.333 e. The van der Waals surface area contributed by atoms with E-state index < -0.39 is 61.8 Å². The van der Waals surface area contributed by atoms with Crippen LogP contribution >= 0.6 is 8.60 Å². The summed E-state index contributed by atoms with van der Waals surface area (Å²) in [7, 11) is -2.29. The van der Waals surface area contributed by atoms with Crippen LogP contribution in [0.3, 0.4) is 0 Å². The fraction of sp³-hybridized carbons (Fsp3) is 0.547. The molecule has 3 amide bonds. The molecule has 0 radical (unpaired) electrons. The highest BCUT2D eigenvalue weighted by Gasteiger charge is 2.55. The summed E-state index contributed by atoms with van der Waals surface area (Å²) >= 11 is 0. The SMILES string of the molecule is [C-]#[N+]c1ccc2c(c1)[C@@H](N1CCCC1=O)[C@H](OCCCCCOP(O[C@H]1[C@H](N3CCCC3=O)c3cc(C#N)ccc3OC1(C)C)O[C@H]1[C@H](N3CCCC3=O)c3cc([N+]#[C-])ccc3OC1(C)C)C(C)(C)O2. The zero-order chi connectivity index (χ0) is 49.5. The number of rotatable bonds is 15. The van der Waals surface area contributed by atoms with Crippen molar-refractivity contribution in [2.75, 3.05) is 32.8 Å². The zero-order valence-corrected chi connectivity index (χ0v) is 41.7. The Morgan fingerprint density at radius 3 is 1.46 bits per heavy atom. The van der Waals surface area contributed by atoms with Crippen molar-refractivity contribution in [3.05, 3.63) is 99.7 Å². The number of amides is 3.